The highest BCUT2D eigenvalue weighted by molar-refractivity contribution is 5.89. The average Bonchev–Trinajstić information content (AvgIpc) is 3.96. The van der Waals surface area contributed by atoms with Crippen LogP contribution in [-0.2, 0) is 49.2 Å². The molecule has 4 saturated heterocycles. The van der Waals surface area contributed by atoms with Gasteiger partial charge in [0.2, 0.25) is 0 Å². The molecule has 5 N–H and O–H groups in total. The highest BCUT2D eigenvalue weighted by Gasteiger charge is 2.54. The highest BCUT2D eigenvalue weighted by Crippen LogP contribution is 2.41. The summed E-state index contributed by atoms with van der Waals surface area (Å²) in [5.74, 6) is -4.54. The second kappa shape index (κ2) is 23.7. The van der Waals surface area contributed by atoms with Crippen molar-refractivity contribution in [3.05, 3.63) is 42.0 Å². The molecular weight excluding hydrogens is 972 g/mol. The third kappa shape index (κ3) is 12.9. The molecule has 74 heavy (non-hydrogen) atoms. The summed E-state index contributed by atoms with van der Waals surface area (Å²) in [5.41, 5.74) is -4.62. The number of likely N-dealkylation sites (N-methyl/N-ethyl adjacent to an activating group) is 2. The van der Waals surface area contributed by atoms with Crippen LogP contribution in [0.5, 0.6) is 0 Å². The van der Waals surface area contributed by atoms with E-state index in [0.717, 1.165) is 0 Å². The third-order valence-electron chi connectivity index (χ3n) is 15.7. The van der Waals surface area contributed by atoms with Gasteiger partial charge in [-0.2, -0.15) is 0 Å². The van der Waals surface area contributed by atoms with Gasteiger partial charge in [-0.25, -0.2) is 18.7 Å². The molecule has 23 heteroatoms. The van der Waals surface area contributed by atoms with Gasteiger partial charge in [-0.1, -0.05) is 32.1 Å². The van der Waals surface area contributed by atoms with Crippen molar-refractivity contribution < 1.29 is 82.2 Å². The van der Waals surface area contributed by atoms with Crippen LogP contribution in [0.15, 0.2) is 30.5 Å². The maximum Gasteiger partial charge on any atom is 0.414 e. The molecule has 1 aromatic heterocycles. The van der Waals surface area contributed by atoms with Crippen molar-refractivity contribution in [1.82, 2.24) is 24.8 Å². The number of rotatable bonds is 12. The number of aromatic nitrogens is 3. The quantitative estimate of drug-likeness (QED) is 0.151. The zero-order chi connectivity index (χ0) is 54.9. The van der Waals surface area contributed by atoms with Gasteiger partial charge in [-0.15, -0.1) is 5.10 Å². The summed E-state index contributed by atoms with van der Waals surface area (Å²) in [4.78, 5) is 45.8. The molecule has 418 valence electrons. The molecule has 20 atom stereocenters. The maximum atomic E-state index is 14.5. The fourth-order valence-corrected chi connectivity index (χ4v) is 11.3. The van der Waals surface area contributed by atoms with Crippen molar-refractivity contribution in [3.63, 3.8) is 0 Å². The van der Waals surface area contributed by atoms with Crippen molar-refractivity contribution in [2.75, 3.05) is 46.2 Å². The zero-order valence-corrected chi connectivity index (χ0v) is 45.2. The lowest BCUT2D eigenvalue weighted by Gasteiger charge is -2.50. The van der Waals surface area contributed by atoms with Crippen LogP contribution in [0.25, 0.3) is 0 Å². The molecule has 0 radical (unpaired) electrons. The molecule has 4 aliphatic rings. The first-order chi connectivity index (χ1) is 34.5. The van der Waals surface area contributed by atoms with E-state index in [1.54, 1.807) is 87.5 Å². The lowest BCUT2D eigenvalue weighted by atomic mass is 9.77. The number of benzene rings is 1. The van der Waals surface area contributed by atoms with Crippen molar-refractivity contribution in [3.8, 4) is 0 Å². The summed E-state index contributed by atoms with van der Waals surface area (Å²) in [6.45, 7) is 17.3. The number of carbonyl (C=O) groups excluding carboxylic acids is 3. The third-order valence-corrected chi connectivity index (χ3v) is 15.7. The lowest BCUT2D eigenvalue weighted by Crippen LogP contribution is -2.65. The van der Waals surface area contributed by atoms with E-state index in [4.69, 9.17) is 37.9 Å². The molecule has 22 nitrogen and oxygen atoms in total. The minimum Gasteiger partial charge on any atom is -0.459 e. The number of hydrogen-bond acceptors (Lipinski definition) is 20. The molecule has 5 heterocycles. The number of aliphatic hydroxyl groups excluding tert-OH is 3. The van der Waals surface area contributed by atoms with Gasteiger partial charge < -0.3 is 73.2 Å². The Labute approximate surface area is 433 Å². The summed E-state index contributed by atoms with van der Waals surface area (Å²) < 4.78 is 64.8. The van der Waals surface area contributed by atoms with Crippen LogP contribution in [0.2, 0.25) is 0 Å². The standard InChI is InChI=1S/C51H81FN6O16/c1-15-36-51(10,66)42(60)29(5)56(13)22-26(2)20-49(8,65)44(27(3)40(28(4)45(62)71-36)72-37-21-50(9,67-14)43(61)31(7)68-37)74-47-39(59)38(55(11)12)41(30(6)69-47)73-46(63)35-25-57(54-53-35)23-34-24-58(48(64)70-34)33-18-16-17-32(52)19-33/h16-19,25-31,34,36-44,47,59-61,65-66H,15,20-24H2,1-14H3/t26-,27+,28-,29-,30-,31+,34+,36-,37+,38-,39-,40+,41-,42-,43+,44-,47+,49-,50-,51-/m1/s1. The normalized spacial score (nSPS) is 41.3. The predicted molar refractivity (Wildman–Crippen MR) is 263 cm³/mol. The molecule has 0 saturated carbocycles. The summed E-state index contributed by atoms with van der Waals surface area (Å²) in [5, 5.41) is 67.8. The van der Waals surface area contributed by atoms with Crippen molar-refractivity contribution in [2.24, 2.45) is 17.8 Å². The molecule has 0 unspecified atom stereocenters. The largest absolute Gasteiger partial charge is 0.459 e. The number of cyclic esters (lactones) is 2. The second-order valence-corrected chi connectivity index (χ2v) is 22.0. The van der Waals surface area contributed by atoms with Crippen LogP contribution in [0, 0.1) is 23.6 Å². The Bertz CT molecular complexity index is 2220. The molecule has 0 spiro atoms. The smallest absolute Gasteiger partial charge is 0.414 e. The monoisotopic (exact) mass is 1050 g/mol. The molecule has 4 fully saturated rings. The van der Waals surface area contributed by atoms with Crippen molar-refractivity contribution in [2.45, 2.75) is 198 Å². The van der Waals surface area contributed by atoms with E-state index in [9.17, 15) is 44.3 Å². The highest BCUT2D eigenvalue weighted by atomic mass is 19.1. The first-order valence-corrected chi connectivity index (χ1v) is 25.6. The van der Waals surface area contributed by atoms with Crippen LogP contribution in [0.4, 0.5) is 14.9 Å². The molecule has 1 amide bonds. The molecule has 2 aromatic rings. The van der Waals surface area contributed by atoms with Gasteiger partial charge in [0.15, 0.2) is 18.3 Å². The number of halogens is 1. The number of aliphatic hydroxyl groups is 5. The lowest BCUT2D eigenvalue weighted by molar-refractivity contribution is -0.326. The molecule has 1 aromatic carbocycles. The first kappa shape index (κ1) is 59.3. The van der Waals surface area contributed by atoms with Gasteiger partial charge in [0.25, 0.3) is 0 Å². The van der Waals surface area contributed by atoms with E-state index < -0.39 is 138 Å². The van der Waals surface area contributed by atoms with Crippen LogP contribution < -0.4 is 4.90 Å². The van der Waals surface area contributed by atoms with Crippen molar-refractivity contribution >= 4 is 23.7 Å². The van der Waals surface area contributed by atoms with E-state index in [1.807, 2.05) is 11.8 Å². The Kier molecular flexibility index (Phi) is 19.0. The zero-order valence-electron chi connectivity index (χ0n) is 45.2. The molecule has 0 bridgehead atoms. The Hall–Kier alpha value is -3.98. The summed E-state index contributed by atoms with van der Waals surface area (Å²) >= 11 is 0. The Morgan fingerprint density at radius 2 is 1.62 bits per heavy atom. The van der Waals surface area contributed by atoms with Crippen LogP contribution in [0.1, 0.15) is 99.0 Å². The Balaban J connectivity index is 1.28. The average molecular weight is 1050 g/mol. The fourth-order valence-electron chi connectivity index (χ4n) is 11.3. The van der Waals surface area contributed by atoms with Gasteiger partial charge in [0.1, 0.15) is 48.0 Å². The Morgan fingerprint density at radius 3 is 2.26 bits per heavy atom. The van der Waals surface area contributed by atoms with E-state index in [1.165, 1.54) is 48.0 Å². The van der Waals surface area contributed by atoms with Crippen LogP contribution >= 0.6 is 0 Å². The minimum absolute atomic E-state index is 0.0234. The maximum absolute atomic E-state index is 14.5. The number of nitrogens with zero attached hydrogens (tertiary/aromatic N) is 6. The molecular formula is C51H81FN6O16. The number of ether oxygens (including phenoxy) is 8. The molecule has 0 aliphatic carbocycles. The Morgan fingerprint density at radius 1 is 0.932 bits per heavy atom. The summed E-state index contributed by atoms with van der Waals surface area (Å²) in [7, 11) is 6.62. The number of amides is 1. The van der Waals surface area contributed by atoms with Crippen LogP contribution in [-0.4, -0.2) is 212 Å². The molecule has 6 rings (SSSR count). The van der Waals surface area contributed by atoms with Gasteiger partial charge >= 0.3 is 18.0 Å². The molecule has 4 aliphatic heterocycles. The van der Waals surface area contributed by atoms with E-state index >= 15 is 0 Å². The SMILES string of the molecule is CC[C@H]1OC(=O)[C@H](C)[C@@H](O[C@H]2C[C@@](C)(OC)[C@@H](O)[C@H](C)O2)[C@H](C)[C@@H](O[C@@H]2O[C@H](C)[C@@H](OC(=O)c3cn(C[C@H]4CN(c5cccc(F)c5)C(=O)O4)nn3)[C@H](N(C)C)[C@H]2O)[C@](C)(O)C[C@@H](C)CN(C)[C@H](C)[C@@H](O)[C@]1(C)O. The number of esters is 2. The van der Waals surface area contributed by atoms with E-state index in [-0.39, 0.29) is 44.0 Å². The predicted octanol–water partition coefficient (Wildman–Crippen LogP) is 2.49. The first-order valence-electron chi connectivity index (χ1n) is 25.6. The minimum atomic E-state index is -1.89. The topological polar surface area (TPSA) is 267 Å². The number of anilines is 1. The summed E-state index contributed by atoms with van der Waals surface area (Å²) in [6.07, 6.45) is -12.6. The van der Waals surface area contributed by atoms with E-state index in [0.29, 0.717) is 12.2 Å². The number of carbonyl (C=O) groups is 3. The fraction of sp³-hybridized carbons (Fsp3) is 0.784. The van der Waals surface area contributed by atoms with Gasteiger partial charge in [-0.3, -0.25) is 9.69 Å². The number of methoxy groups -OCH3 is 1. The van der Waals surface area contributed by atoms with Crippen LogP contribution in [0.3, 0.4) is 0 Å². The van der Waals surface area contributed by atoms with Crippen molar-refractivity contribution in [1.29, 1.82) is 0 Å². The van der Waals surface area contributed by atoms with Gasteiger partial charge in [-0.05, 0) is 107 Å². The van der Waals surface area contributed by atoms with E-state index in [2.05, 4.69) is 10.3 Å². The van der Waals surface area contributed by atoms with Gasteiger partial charge in [0.05, 0.1) is 72.6 Å². The van der Waals surface area contributed by atoms with Gasteiger partial charge in [0, 0.05) is 32.0 Å². The second-order valence-electron chi connectivity index (χ2n) is 22.0. The number of hydrogen-bond donors (Lipinski definition) is 5. The summed E-state index contributed by atoms with van der Waals surface area (Å²) in [6, 6.07) is 3.96.